The van der Waals surface area contributed by atoms with E-state index in [-0.39, 0.29) is 23.4 Å². The molecule has 0 fully saturated rings. The molecular formula is C35H45N7O2. The molecule has 0 aliphatic carbocycles. The molecule has 0 saturated carbocycles. The summed E-state index contributed by atoms with van der Waals surface area (Å²) in [6, 6.07) is 14.1. The second kappa shape index (κ2) is 17.0. The molecule has 2 aromatic heterocycles. The van der Waals surface area contributed by atoms with Crippen LogP contribution in [0, 0.1) is 0 Å². The number of phenolic OH excluding ortho intramolecular Hbond substituents is 2. The topological polar surface area (TPSA) is 122 Å². The van der Waals surface area contributed by atoms with Crippen LogP contribution in [-0.2, 0) is 19.4 Å². The molecule has 0 radical (unpaired) electrons. The fourth-order valence-corrected chi connectivity index (χ4v) is 5.17. The maximum atomic E-state index is 10.3. The standard InChI is InChI=1S/C35H45N7O2/c1-4-5-6-7-8-9-10-11-12-21-33-36-23-25-42(33)24-22-32-39-34(37-26(2)28-17-13-15-19-30(28)43)41-35(40-32)38-27(3)29-18-14-16-20-31(29)44/h13-20,23,25,43-44H,4-12,21-22,24H2,1-3H3/b37-26+,38-27+. The van der Waals surface area contributed by atoms with Crippen molar-refractivity contribution in [3.63, 3.8) is 0 Å². The van der Waals surface area contributed by atoms with Crippen molar-refractivity contribution in [1.29, 1.82) is 0 Å². The van der Waals surface area contributed by atoms with Gasteiger partial charge in [0, 0.05) is 42.9 Å². The first kappa shape index (κ1) is 32.5. The van der Waals surface area contributed by atoms with Gasteiger partial charge in [0.2, 0.25) is 0 Å². The van der Waals surface area contributed by atoms with E-state index in [1.54, 1.807) is 50.2 Å². The Morgan fingerprint density at radius 1 is 0.682 bits per heavy atom. The number of hydrogen-bond donors (Lipinski definition) is 2. The zero-order chi connectivity index (χ0) is 31.1. The van der Waals surface area contributed by atoms with Gasteiger partial charge in [-0.2, -0.15) is 15.0 Å². The van der Waals surface area contributed by atoms with E-state index < -0.39 is 0 Å². The maximum Gasteiger partial charge on any atom is 0.254 e. The van der Waals surface area contributed by atoms with E-state index in [0.717, 1.165) is 18.7 Å². The molecular weight excluding hydrogens is 550 g/mol. The third kappa shape index (κ3) is 9.82. The predicted molar refractivity (Wildman–Crippen MR) is 177 cm³/mol. The summed E-state index contributed by atoms with van der Waals surface area (Å²) in [4.78, 5) is 27.6. The van der Waals surface area contributed by atoms with Gasteiger partial charge in [0.15, 0.2) is 0 Å². The minimum Gasteiger partial charge on any atom is -0.507 e. The van der Waals surface area contributed by atoms with Crippen molar-refractivity contribution in [2.75, 3.05) is 0 Å². The molecule has 2 aromatic carbocycles. The maximum absolute atomic E-state index is 10.3. The van der Waals surface area contributed by atoms with Gasteiger partial charge in [0.05, 0.1) is 11.4 Å². The van der Waals surface area contributed by atoms with Crippen LogP contribution in [0.1, 0.15) is 101 Å². The average molecular weight is 596 g/mol. The van der Waals surface area contributed by atoms with E-state index in [1.165, 1.54) is 51.4 Å². The summed E-state index contributed by atoms with van der Waals surface area (Å²) in [5.41, 5.74) is 2.35. The number of hydrogen-bond acceptors (Lipinski definition) is 8. The summed E-state index contributed by atoms with van der Waals surface area (Å²) in [5.74, 6) is 2.31. The molecule has 4 rings (SSSR count). The molecule has 0 aliphatic rings. The SMILES string of the molecule is CCCCCCCCCCCc1nccn1CCc1nc(/N=C(\C)c2ccccc2O)nc(/N=C(\C)c2ccccc2O)n1. The van der Waals surface area contributed by atoms with Crippen LogP contribution >= 0.6 is 0 Å². The van der Waals surface area contributed by atoms with Crippen LogP contribution < -0.4 is 0 Å². The van der Waals surface area contributed by atoms with Gasteiger partial charge in [-0.15, -0.1) is 0 Å². The van der Waals surface area contributed by atoms with E-state index in [2.05, 4.69) is 41.4 Å². The van der Waals surface area contributed by atoms with E-state index >= 15 is 0 Å². The van der Waals surface area contributed by atoms with Crippen molar-refractivity contribution >= 4 is 23.3 Å². The van der Waals surface area contributed by atoms with Gasteiger partial charge in [-0.25, -0.2) is 15.0 Å². The third-order valence-electron chi connectivity index (χ3n) is 7.66. The molecule has 0 amide bonds. The number of unbranched alkanes of at least 4 members (excludes halogenated alkanes) is 8. The highest BCUT2D eigenvalue weighted by Gasteiger charge is 2.12. The number of para-hydroxylation sites is 2. The fraction of sp³-hybridized carbons (Fsp3) is 0.429. The van der Waals surface area contributed by atoms with Crippen LogP contribution in [0.25, 0.3) is 0 Å². The highest BCUT2D eigenvalue weighted by atomic mass is 16.3. The fourth-order valence-electron chi connectivity index (χ4n) is 5.17. The Balaban J connectivity index is 1.47. The van der Waals surface area contributed by atoms with Crippen LogP contribution in [0.15, 0.2) is 70.9 Å². The molecule has 0 unspecified atom stereocenters. The number of aromatic hydroxyl groups is 2. The Bertz CT molecular complexity index is 1460. The van der Waals surface area contributed by atoms with E-state index in [4.69, 9.17) is 0 Å². The number of imidazole rings is 1. The van der Waals surface area contributed by atoms with Crippen LogP contribution in [0.4, 0.5) is 11.9 Å². The van der Waals surface area contributed by atoms with Crippen molar-refractivity contribution in [1.82, 2.24) is 24.5 Å². The molecule has 0 atom stereocenters. The van der Waals surface area contributed by atoms with E-state index in [1.807, 2.05) is 24.5 Å². The second-order valence-corrected chi connectivity index (χ2v) is 11.1. The Hall–Kier alpha value is -4.40. The Kier molecular flexibility index (Phi) is 12.6. The smallest absolute Gasteiger partial charge is 0.254 e. The Morgan fingerprint density at radius 2 is 1.20 bits per heavy atom. The highest BCUT2D eigenvalue weighted by Crippen LogP contribution is 2.22. The average Bonchev–Trinajstić information content (AvgIpc) is 3.46. The molecule has 2 heterocycles. The first-order valence-electron chi connectivity index (χ1n) is 15.9. The minimum absolute atomic E-state index is 0.135. The van der Waals surface area contributed by atoms with Crippen molar-refractivity contribution in [2.45, 2.75) is 97.9 Å². The van der Waals surface area contributed by atoms with Crippen molar-refractivity contribution in [3.8, 4) is 11.5 Å². The van der Waals surface area contributed by atoms with E-state index in [9.17, 15) is 10.2 Å². The summed E-state index contributed by atoms with van der Waals surface area (Å²) in [5, 5.41) is 20.6. The van der Waals surface area contributed by atoms with Gasteiger partial charge in [-0.3, -0.25) is 0 Å². The predicted octanol–water partition coefficient (Wildman–Crippen LogP) is 8.08. The highest BCUT2D eigenvalue weighted by molar-refractivity contribution is 6.02. The number of benzene rings is 2. The van der Waals surface area contributed by atoms with E-state index in [0.29, 0.717) is 41.3 Å². The summed E-state index contributed by atoms with van der Waals surface area (Å²) in [6.07, 6.45) is 17.0. The first-order chi connectivity index (χ1) is 21.4. The lowest BCUT2D eigenvalue weighted by atomic mass is 10.1. The second-order valence-electron chi connectivity index (χ2n) is 11.1. The van der Waals surface area contributed by atoms with Crippen molar-refractivity contribution < 1.29 is 10.2 Å². The largest absolute Gasteiger partial charge is 0.507 e. The lowest BCUT2D eigenvalue weighted by molar-refractivity contribution is 0.473. The Morgan fingerprint density at radius 3 is 1.75 bits per heavy atom. The number of aliphatic imine (C=N–C) groups is 2. The number of rotatable bonds is 17. The summed E-state index contributed by atoms with van der Waals surface area (Å²) in [7, 11) is 0. The van der Waals surface area contributed by atoms with Gasteiger partial charge in [0.1, 0.15) is 23.1 Å². The Labute approximate surface area is 260 Å². The summed E-state index contributed by atoms with van der Waals surface area (Å²) >= 11 is 0. The van der Waals surface area contributed by atoms with Gasteiger partial charge in [-0.1, -0.05) is 82.6 Å². The summed E-state index contributed by atoms with van der Waals surface area (Å²) in [6.45, 7) is 6.53. The lowest BCUT2D eigenvalue weighted by Gasteiger charge is -2.09. The molecule has 232 valence electrons. The van der Waals surface area contributed by atoms with Gasteiger partial charge in [-0.05, 0) is 44.5 Å². The molecule has 0 saturated heterocycles. The molecule has 9 heteroatoms. The zero-order valence-electron chi connectivity index (χ0n) is 26.3. The van der Waals surface area contributed by atoms with Crippen LogP contribution in [0.5, 0.6) is 11.5 Å². The zero-order valence-corrected chi connectivity index (χ0v) is 26.3. The first-order valence-corrected chi connectivity index (χ1v) is 15.9. The normalized spacial score (nSPS) is 12.2. The van der Waals surface area contributed by atoms with Gasteiger partial charge >= 0.3 is 0 Å². The number of phenols is 2. The number of aromatic nitrogens is 5. The molecule has 4 aromatic rings. The lowest BCUT2D eigenvalue weighted by Crippen LogP contribution is -2.08. The van der Waals surface area contributed by atoms with Gasteiger partial charge in [0.25, 0.3) is 11.9 Å². The monoisotopic (exact) mass is 595 g/mol. The summed E-state index contributed by atoms with van der Waals surface area (Å²) < 4.78 is 2.17. The molecule has 2 N–H and O–H groups in total. The molecule has 0 aliphatic heterocycles. The van der Waals surface area contributed by atoms with Crippen LogP contribution in [0.2, 0.25) is 0 Å². The molecule has 44 heavy (non-hydrogen) atoms. The minimum atomic E-state index is 0.135. The number of aryl methyl sites for hydroxylation is 3. The van der Waals surface area contributed by atoms with Crippen LogP contribution in [0.3, 0.4) is 0 Å². The van der Waals surface area contributed by atoms with Crippen molar-refractivity contribution in [3.05, 3.63) is 83.7 Å². The molecule has 9 nitrogen and oxygen atoms in total. The number of nitrogens with zero attached hydrogens (tertiary/aromatic N) is 7. The molecule has 0 bridgehead atoms. The third-order valence-corrected chi connectivity index (χ3v) is 7.66. The molecule has 0 spiro atoms. The quantitative estimate of drug-likeness (QED) is 0.0940. The van der Waals surface area contributed by atoms with Gasteiger partial charge < -0.3 is 14.8 Å². The van der Waals surface area contributed by atoms with Crippen molar-refractivity contribution in [2.24, 2.45) is 9.98 Å². The van der Waals surface area contributed by atoms with Crippen LogP contribution in [-0.4, -0.2) is 46.1 Å².